The summed E-state index contributed by atoms with van der Waals surface area (Å²) in [6.45, 7) is 0. The predicted octanol–water partition coefficient (Wildman–Crippen LogP) is 8.11. The zero-order valence-corrected chi connectivity index (χ0v) is 19.4. The van der Waals surface area contributed by atoms with Gasteiger partial charge in [0, 0.05) is 24.9 Å². The second kappa shape index (κ2) is 6.31. The smallest absolute Gasteiger partial charge is 0.0538 e. The number of fused-ring (bicyclic) bond motifs is 11. The molecule has 9 rings (SSSR count). The molecule has 0 fully saturated rings. The SMILES string of the molecule is c1ccc2c(c1)Cc1cc3c(cc1-2)Cc1c-3ccc2c1N1c3ccccc3Cc3cccc(c31)C2. The summed E-state index contributed by atoms with van der Waals surface area (Å²) in [4.78, 5) is 2.61. The lowest BCUT2D eigenvalue weighted by molar-refractivity contribution is 1.00. The Morgan fingerprint density at radius 3 is 1.91 bits per heavy atom. The van der Waals surface area contributed by atoms with E-state index in [1.54, 1.807) is 0 Å². The number of hydrogen-bond donors (Lipinski definition) is 0. The Hall–Kier alpha value is -4.10. The zero-order chi connectivity index (χ0) is 22.7. The zero-order valence-electron chi connectivity index (χ0n) is 19.4. The summed E-state index contributed by atoms with van der Waals surface area (Å²) in [5.74, 6) is 0. The molecule has 2 aliphatic carbocycles. The molecule has 0 unspecified atom stereocenters. The van der Waals surface area contributed by atoms with Gasteiger partial charge in [-0.15, -0.1) is 0 Å². The molecular weight excluding hydrogens is 422 g/mol. The van der Waals surface area contributed by atoms with Crippen LogP contribution in [0.5, 0.6) is 0 Å². The Labute approximate surface area is 205 Å². The molecule has 0 radical (unpaired) electrons. The predicted molar refractivity (Wildman–Crippen MR) is 143 cm³/mol. The van der Waals surface area contributed by atoms with Crippen LogP contribution >= 0.6 is 0 Å². The number of benzene rings is 5. The summed E-state index contributed by atoms with van der Waals surface area (Å²) in [5, 5.41) is 0. The van der Waals surface area contributed by atoms with Crippen molar-refractivity contribution in [1.82, 2.24) is 0 Å². The van der Waals surface area contributed by atoms with Crippen molar-refractivity contribution in [2.24, 2.45) is 0 Å². The van der Waals surface area contributed by atoms with Crippen LogP contribution in [0.4, 0.5) is 17.1 Å². The van der Waals surface area contributed by atoms with Gasteiger partial charge in [0.25, 0.3) is 0 Å². The van der Waals surface area contributed by atoms with Gasteiger partial charge in [-0.2, -0.15) is 0 Å². The van der Waals surface area contributed by atoms with Crippen molar-refractivity contribution in [3.05, 3.63) is 136 Å². The van der Waals surface area contributed by atoms with E-state index < -0.39 is 0 Å². The summed E-state index contributed by atoms with van der Waals surface area (Å²) in [5.41, 5.74) is 21.7. The van der Waals surface area contributed by atoms with Gasteiger partial charge in [-0.25, -0.2) is 0 Å². The minimum Gasteiger partial charge on any atom is -0.309 e. The Bertz CT molecular complexity index is 1740. The Balaban J connectivity index is 1.27. The van der Waals surface area contributed by atoms with Gasteiger partial charge in [0.2, 0.25) is 0 Å². The van der Waals surface area contributed by atoms with E-state index in [4.69, 9.17) is 0 Å². The van der Waals surface area contributed by atoms with E-state index >= 15 is 0 Å². The molecule has 1 heteroatoms. The second-order valence-corrected chi connectivity index (χ2v) is 10.5. The normalized spacial score (nSPS) is 14.9. The summed E-state index contributed by atoms with van der Waals surface area (Å²) < 4.78 is 0. The van der Waals surface area contributed by atoms with Crippen molar-refractivity contribution in [2.75, 3.05) is 4.90 Å². The third-order valence-electron chi connectivity index (χ3n) is 8.69. The van der Waals surface area contributed by atoms with Gasteiger partial charge in [-0.1, -0.05) is 72.8 Å². The highest BCUT2D eigenvalue weighted by molar-refractivity contribution is 5.96. The van der Waals surface area contributed by atoms with E-state index in [1.807, 2.05) is 0 Å². The first-order chi connectivity index (χ1) is 17.3. The number of para-hydroxylation sites is 2. The first-order valence-corrected chi connectivity index (χ1v) is 12.7. The van der Waals surface area contributed by atoms with Gasteiger partial charge in [0.1, 0.15) is 0 Å². The van der Waals surface area contributed by atoms with Crippen LogP contribution in [0, 0.1) is 0 Å². The van der Waals surface area contributed by atoms with Gasteiger partial charge in [0.05, 0.1) is 11.4 Å². The summed E-state index contributed by atoms with van der Waals surface area (Å²) in [7, 11) is 0. The fourth-order valence-corrected chi connectivity index (χ4v) is 7.21. The van der Waals surface area contributed by atoms with Crippen LogP contribution in [0.15, 0.2) is 91.0 Å². The topological polar surface area (TPSA) is 3.24 Å². The van der Waals surface area contributed by atoms with Gasteiger partial charge in [-0.05, 0) is 91.4 Å². The lowest BCUT2D eigenvalue weighted by atomic mass is 9.84. The summed E-state index contributed by atoms with van der Waals surface area (Å²) in [6, 6.07) is 34.6. The molecule has 4 aliphatic rings. The van der Waals surface area contributed by atoms with Crippen LogP contribution in [0.1, 0.15) is 44.5 Å². The van der Waals surface area contributed by atoms with E-state index in [0.717, 1.165) is 25.7 Å². The number of rotatable bonds is 0. The van der Waals surface area contributed by atoms with Crippen LogP contribution < -0.4 is 4.90 Å². The molecule has 0 atom stereocenters. The molecular formula is C34H23N. The lowest BCUT2D eigenvalue weighted by Crippen LogP contribution is -2.25. The van der Waals surface area contributed by atoms with E-state index in [1.165, 1.54) is 83.8 Å². The molecule has 2 aliphatic heterocycles. The molecule has 0 amide bonds. The molecule has 2 heterocycles. The Morgan fingerprint density at radius 1 is 0.400 bits per heavy atom. The van der Waals surface area contributed by atoms with Crippen LogP contribution in [0.3, 0.4) is 0 Å². The molecule has 0 aromatic heterocycles. The molecule has 5 aromatic carbocycles. The van der Waals surface area contributed by atoms with Crippen LogP contribution in [0.25, 0.3) is 22.3 Å². The monoisotopic (exact) mass is 445 g/mol. The van der Waals surface area contributed by atoms with Crippen molar-refractivity contribution >= 4 is 17.1 Å². The third kappa shape index (κ3) is 2.29. The maximum absolute atomic E-state index is 2.61. The fourth-order valence-electron chi connectivity index (χ4n) is 7.21. The molecule has 1 nitrogen and oxygen atoms in total. The van der Waals surface area contributed by atoms with Crippen LogP contribution in [-0.4, -0.2) is 0 Å². The van der Waals surface area contributed by atoms with Crippen LogP contribution in [0.2, 0.25) is 0 Å². The first kappa shape index (κ1) is 18.3. The fraction of sp³-hybridized carbons (Fsp3) is 0.118. The average molecular weight is 446 g/mol. The number of anilines is 3. The van der Waals surface area contributed by atoms with Gasteiger partial charge < -0.3 is 4.90 Å². The largest absolute Gasteiger partial charge is 0.309 e. The number of hydrogen-bond acceptors (Lipinski definition) is 1. The molecule has 0 spiro atoms. The van der Waals surface area contributed by atoms with Crippen molar-refractivity contribution < 1.29 is 0 Å². The molecule has 0 saturated carbocycles. The minimum atomic E-state index is 1.01. The van der Waals surface area contributed by atoms with Gasteiger partial charge >= 0.3 is 0 Å². The molecule has 0 saturated heterocycles. The summed E-state index contributed by atoms with van der Waals surface area (Å²) >= 11 is 0. The third-order valence-corrected chi connectivity index (χ3v) is 8.69. The Morgan fingerprint density at radius 2 is 1.03 bits per heavy atom. The van der Waals surface area contributed by atoms with E-state index in [2.05, 4.69) is 95.9 Å². The molecule has 5 aromatic rings. The van der Waals surface area contributed by atoms with Crippen molar-refractivity contribution in [3.63, 3.8) is 0 Å². The van der Waals surface area contributed by atoms with Gasteiger partial charge in [-0.3, -0.25) is 0 Å². The summed E-state index contributed by atoms with van der Waals surface area (Å²) in [6.07, 6.45) is 4.10. The van der Waals surface area contributed by atoms with E-state index in [-0.39, 0.29) is 0 Å². The second-order valence-electron chi connectivity index (χ2n) is 10.5. The minimum absolute atomic E-state index is 1.01. The maximum atomic E-state index is 2.61. The first-order valence-electron chi connectivity index (χ1n) is 12.7. The highest BCUT2D eigenvalue weighted by atomic mass is 15.2. The highest BCUT2D eigenvalue weighted by Crippen LogP contribution is 2.55. The maximum Gasteiger partial charge on any atom is 0.0538 e. The Kier molecular flexibility index (Phi) is 3.29. The van der Waals surface area contributed by atoms with Gasteiger partial charge in [0.15, 0.2) is 0 Å². The average Bonchev–Trinajstić information content (AvgIpc) is 3.44. The molecule has 35 heavy (non-hydrogen) atoms. The van der Waals surface area contributed by atoms with E-state index in [0.29, 0.717) is 0 Å². The number of nitrogens with zero attached hydrogens (tertiary/aromatic N) is 1. The molecule has 0 N–H and O–H groups in total. The van der Waals surface area contributed by atoms with E-state index in [9.17, 15) is 0 Å². The van der Waals surface area contributed by atoms with Crippen molar-refractivity contribution in [3.8, 4) is 22.3 Å². The standard InChI is InChI=1S/C34H23N/c1-3-10-27-20(6-1)14-25-17-30-26(18-29(25)27)19-31-28(30)13-12-24-16-23-9-5-8-22-15-21-7-2-4-11-32(21)35(33(22)23)34(24)31/h1-13,17-18H,14-16,19H2. The van der Waals surface area contributed by atoms with Crippen molar-refractivity contribution in [2.45, 2.75) is 25.7 Å². The lowest BCUT2D eigenvalue weighted by Gasteiger charge is -2.40. The molecule has 0 bridgehead atoms. The van der Waals surface area contributed by atoms with Crippen molar-refractivity contribution in [1.29, 1.82) is 0 Å². The molecule has 164 valence electrons. The highest BCUT2D eigenvalue weighted by Gasteiger charge is 2.36. The quantitative estimate of drug-likeness (QED) is 0.228. The van der Waals surface area contributed by atoms with Crippen LogP contribution in [-0.2, 0) is 25.7 Å².